The quantitative estimate of drug-likeness (QED) is 0.815. The number of nitrogens with two attached hydrogens (primary N) is 1. The Hall–Kier alpha value is -0.450. The van der Waals surface area contributed by atoms with Crippen molar-refractivity contribution in [3.05, 3.63) is 16.1 Å². The van der Waals surface area contributed by atoms with Crippen molar-refractivity contribution in [2.24, 2.45) is 5.73 Å². The first-order valence-corrected chi connectivity index (χ1v) is 6.06. The smallest absolute Gasteiger partial charge is 0.0940 e. The molecule has 1 saturated heterocycles. The van der Waals surface area contributed by atoms with Crippen molar-refractivity contribution in [2.75, 3.05) is 19.6 Å². The van der Waals surface area contributed by atoms with Crippen LogP contribution in [0.2, 0.25) is 0 Å². The summed E-state index contributed by atoms with van der Waals surface area (Å²) in [7, 11) is 0. The Kier molecular flexibility index (Phi) is 3.50. The number of likely N-dealkylation sites (tertiary alicyclic amines) is 1. The van der Waals surface area contributed by atoms with E-state index in [1.165, 1.54) is 35.8 Å². The van der Waals surface area contributed by atoms with E-state index in [1.807, 2.05) is 6.20 Å². The minimum Gasteiger partial charge on any atom is -0.326 e. The van der Waals surface area contributed by atoms with Crippen molar-refractivity contribution >= 4 is 11.3 Å². The maximum absolute atomic E-state index is 5.54. The van der Waals surface area contributed by atoms with Crippen LogP contribution in [-0.2, 0) is 13.0 Å². The van der Waals surface area contributed by atoms with E-state index in [0.29, 0.717) is 6.54 Å². The zero-order chi connectivity index (χ0) is 9.80. The molecular formula is C10H17N3S. The van der Waals surface area contributed by atoms with Crippen LogP contribution in [0.25, 0.3) is 0 Å². The lowest BCUT2D eigenvalue weighted by Gasteiger charge is -2.12. The van der Waals surface area contributed by atoms with Crippen LogP contribution >= 0.6 is 11.3 Å². The predicted octanol–water partition coefficient (Wildman–Crippen LogP) is 1.24. The second-order valence-electron chi connectivity index (χ2n) is 3.72. The van der Waals surface area contributed by atoms with Crippen LogP contribution in [0.3, 0.4) is 0 Å². The number of hydrogen-bond donors (Lipinski definition) is 1. The minimum atomic E-state index is 0.626. The lowest BCUT2D eigenvalue weighted by atomic mass is 10.4. The second-order valence-corrected chi connectivity index (χ2v) is 4.92. The van der Waals surface area contributed by atoms with Gasteiger partial charge >= 0.3 is 0 Å². The molecule has 0 bridgehead atoms. The molecule has 3 nitrogen and oxygen atoms in total. The van der Waals surface area contributed by atoms with Crippen LogP contribution in [0.4, 0.5) is 0 Å². The summed E-state index contributed by atoms with van der Waals surface area (Å²) in [6.07, 6.45) is 5.73. The van der Waals surface area contributed by atoms with E-state index >= 15 is 0 Å². The summed E-state index contributed by atoms with van der Waals surface area (Å²) in [5, 5.41) is 1.23. The van der Waals surface area contributed by atoms with E-state index in [-0.39, 0.29) is 0 Å². The highest BCUT2D eigenvalue weighted by Gasteiger charge is 2.11. The fourth-order valence-corrected chi connectivity index (χ4v) is 2.61. The van der Waals surface area contributed by atoms with Crippen molar-refractivity contribution < 1.29 is 0 Å². The Balaban J connectivity index is 1.79. The highest BCUT2D eigenvalue weighted by atomic mass is 32.1. The van der Waals surface area contributed by atoms with Crippen molar-refractivity contribution in [1.29, 1.82) is 0 Å². The Morgan fingerprint density at radius 2 is 2.21 bits per heavy atom. The third-order valence-electron chi connectivity index (χ3n) is 2.64. The van der Waals surface area contributed by atoms with Crippen LogP contribution in [0, 0.1) is 0 Å². The lowest BCUT2D eigenvalue weighted by Crippen LogP contribution is -2.21. The first kappa shape index (κ1) is 10.1. The number of hydrogen-bond acceptors (Lipinski definition) is 4. The maximum Gasteiger partial charge on any atom is 0.0940 e. The van der Waals surface area contributed by atoms with Crippen LogP contribution in [-0.4, -0.2) is 29.5 Å². The molecule has 0 aliphatic carbocycles. The molecule has 1 aromatic heterocycles. The Bertz CT molecular complexity index is 279. The molecule has 1 aliphatic rings. The molecule has 78 valence electrons. The predicted molar refractivity (Wildman–Crippen MR) is 59.4 cm³/mol. The molecule has 2 N–H and O–H groups in total. The van der Waals surface area contributed by atoms with Gasteiger partial charge in [-0.3, -0.25) is 0 Å². The number of nitrogens with zero attached hydrogens (tertiary/aromatic N) is 2. The fraction of sp³-hybridized carbons (Fsp3) is 0.700. The van der Waals surface area contributed by atoms with E-state index < -0.39 is 0 Å². The molecule has 2 heterocycles. The molecule has 0 unspecified atom stereocenters. The Morgan fingerprint density at radius 3 is 2.86 bits per heavy atom. The third kappa shape index (κ3) is 2.53. The summed E-state index contributed by atoms with van der Waals surface area (Å²) >= 11 is 1.75. The summed E-state index contributed by atoms with van der Waals surface area (Å²) in [5.41, 5.74) is 5.54. The monoisotopic (exact) mass is 211 g/mol. The first-order chi connectivity index (χ1) is 6.88. The van der Waals surface area contributed by atoms with Gasteiger partial charge in [0.05, 0.1) is 5.01 Å². The molecule has 14 heavy (non-hydrogen) atoms. The van der Waals surface area contributed by atoms with Gasteiger partial charge < -0.3 is 10.6 Å². The van der Waals surface area contributed by atoms with Gasteiger partial charge in [-0.2, -0.15) is 0 Å². The van der Waals surface area contributed by atoms with Crippen LogP contribution < -0.4 is 5.73 Å². The van der Waals surface area contributed by atoms with Crippen LogP contribution in [0.1, 0.15) is 22.7 Å². The SMILES string of the molecule is NCc1cnc(CCN2CCCC2)s1. The average molecular weight is 211 g/mol. The largest absolute Gasteiger partial charge is 0.326 e. The van der Waals surface area contributed by atoms with E-state index in [1.54, 1.807) is 11.3 Å². The summed E-state index contributed by atoms with van der Waals surface area (Å²) in [6.45, 7) is 4.34. The molecule has 2 rings (SSSR count). The third-order valence-corrected chi connectivity index (χ3v) is 3.72. The summed E-state index contributed by atoms with van der Waals surface area (Å²) in [4.78, 5) is 8.07. The van der Waals surface area contributed by atoms with Crippen molar-refractivity contribution in [3.63, 3.8) is 0 Å². The fourth-order valence-electron chi connectivity index (χ4n) is 1.82. The molecule has 0 amide bonds. The van der Waals surface area contributed by atoms with Gasteiger partial charge in [0.1, 0.15) is 0 Å². The highest BCUT2D eigenvalue weighted by Crippen LogP contribution is 2.14. The standard InChI is InChI=1S/C10H17N3S/c11-7-9-8-12-10(14-9)3-6-13-4-1-2-5-13/h8H,1-7,11H2. The molecule has 4 heteroatoms. The normalized spacial score (nSPS) is 17.8. The summed E-state index contributed by atoms with van der Waals surface area (Å²) in [6, 6.07) is 0. The zero-order valence-electron chi connectivity index (χ0n) is 8.41. The molecule has 0 aromatic carbocycles. The number of rotatable bonds is 4. The van der Waals surface area contributed by atoms with Gasteiger partial charge in [0.25, 0.3) is 0 Å². The molecule has 0 radical (unpaired) electrons. The molecule has 1 aliphatic heterocycles. The Morgan fingerprint density at radius 1 is 1.43 bits per heavy atom. The van der Waals surface area contributed by atoms with Gasteiger partial charge in [-0.25, -0.2) is 4.98 Å². The molecule has 0 spiro atoms. The topological polar surface area (TPSA) is 42.1 Å². The molecule has 0 atom stereocenters. The number of thiazole rings is 1. The van der Waals surface area contributed by atoms with Gasteiger partial charge in [-0.15, -0.1) is 11.3 Å². The highest BCUT2D eigenvalue weighted by molar-refractivity contribution is 7.11. The van der Waals surface area contributed by atoms with E-state index in [9.17, 15) is 0 Å². The molecular weight excluding hydrogens is 194 g/mol. The van der Waals surface area contributed by atoms with Gasteiger partial charge in [-0.1, -0.05) is 0 Å². The van der Waals surface area contributed by atoms with Crippen molar-refractivity contribution in [2.45, 2.75) is 25.8 Å². The number of aromatic nitrogens is 1. The van der Waals surface area contributed by atoms with Gasteiger partial charge in [0.15, 0.2) is 0 Å². The van der Waals surface area contributed by atoms with E-state index in [0.717, 1.165) is 13.0 Å². The second kappa shape index (κ2) is 4.87. The lowest BCUT2D eigenvalue weighted by molar-refractivity contribution is 0.343. The average Bonchev–Trinajstić information content (AvgIpc) is 2.86. The summed E-state index contributed by atoms with van der Waals surface area (Å²) < 4.78 is 0. The summed E-state index contributed by atoms with van der Waals surface area (Å²) in [5.74, 6) is 0. The van der Waals surface area contributed by atoms with Crippen LogP contribution in [0.15, 0.2) is 6.20 Å². The van der Waals surface area contributed by atoms with Gasteiger partial charge in [0.2, 0.25) is 0 Å². The van der Waals surface area contributed by atoms with E-state index in [4.69, 9.17) is 5.73 Å². The molecule has 1 aromatic rings. The molecule has 0 saturated carbocycles. The van der Waals surface area contributed by atoms with Crippen molar-refractivity contribution in [3.8, 4) is 0 Å². The van der Waals surface area contributed by atoms with Crippen molar-refractivity contribution in [1.82, 2.24) is 9.88 Å². The molecule has 1 fully saturated rings. The maximum atomic E-state index is 5.54. The Labute approximate surface area is 88.9 Å². The van der Waals surface area contributed by atoms with E-state index in [2.05, 4.69) is 9.88 Å². The van der Waals surface area contributed by atoms with Gasteiger partial charge in [-0.05, 0) is 25.9 Å². The van der Waals surface area contributed by atoms with Gasteiger partial charge in [0, 0.05) is 30.6 Å². The minimum absolute atomic E-state index is 0.626. The first-order valence-electron chi connectivity index (χ1n) is 5.24. The van der Waals surface area contributed by atoms with Crippen LogP contribution in [0.5, 0.6) is 0 Å². The zero-order valence-corrected chi connectivity index (χ0v) is 9.22.